The van der Waals surface area contributed by atoms with E-state index in [1.165, 1.54) is 0 Å². The fraction of sp³-hybridized carbons (Fsp3) is 0.471. The quantitative estimate of drug-likeness (QED) is 0.809. The van der Waals surface area contributed by atoms with E-state index in [1.54, 1.807) is 6.20 Å². The number of phenolic OH excluding ortho intramolecular Hbond substituents is 1. The van der Waals surface area contributed by atoms with Gasteiger partial charge in [0.25, 0.3) is 0 Å². The summed E-state index contributed by atoms with van der Waals surface area (Å²) in [5.41, 5.74) is 3.75. The van der Waals surface area contributed by atoms with E-state index in [0.717, 1.165) is 22.4 Å². The molecular formula is C17H24N2O. The summed E-state index contributed by atoms with van der Waals surface area (Å²) >= 11 is 0. The maximum Gasteiger partial charge on any atom is 0.123 e. The summed E-state index contributed by atoms with van der Waals surface area (Å²) in [6.07, 6.45) is 1.75. The van der Waals surface area contributed by atoms with Crippen LogP contribution >= 0.6 is 0 Å². The number of rotatable bonds is 1. The standard InChI is InChI=1S/C17H24N2O/c1-16(2,3)12-9-11(14-7-8-18-19-14)10-13(15(12)20)17(4,5)6/h7-10,20H,1-6H3,(H,18,19). The van der Waals surface area contributed by atoms with Gasteiger partial charge in [0.2, 0.25) is 0 Å². The minimum atomic E-state index is -0.111. The average molecular weight is 272 g/mol. The van der Waals surface area contributed by atoms with Gasteiger partial charge in [-0.3, -0.25) is 5.10 Å². The number of nitrogens with one attached hydrogen (secondary N) is 1. The van der Waals surface area contributed by atoms with Gasteiger partial charge in [0.15, 0.2) is 0 Å². The molecule has 3 nitrogen and oxygen atoms in total. The number of H-pyrrole nitrogens is 1. The molecule has 0 aliphatic rings. The fourth-order valence-corrected chi connectivity index (χ4v) is 2.35. The second kappa shape index (κ2) is 4.65. The summed E-state index contributed by atoms with van der Waals surface area (Å²) in [5, 5.41) is 17.7. The van der Waals surface area contributed by atoms with Crippen LogP contribution in [0.3, 0.4) is 0 Å². The van der Waals surface area contributed by atoms with Crippen molar-refractivity contribution < 1.29 is 5.11 Å². The van der Waals surface area contributed by atoms with E-state index in [2.05, 4.69) is 63.9 Å². The molecule has 2 aromatic rings. The third-order valence-electron chi connectivity index (χ3n) is 3.54. The van der Waals surface area contributed by atoms with Crippen LogP contribution in [-0.4, -0.2) is 15.3 Å². The molecule has 0 unspecified atom stereocenters. The largest absolute Gasteiger partial charge is 0.507 e. The number of aromatic nitrogens is 2. The lowest BCUT2D eigenvalue weighted by atomic mass is 9.78. The summed E-state index contributed by atoms with van der Waals surface area (Å²) in [7, 11) is 0. The highest BCUT2D eigenvalue weighted by Gasteiger charge is 2.26. The van der Waals surface area contributed by atoms with Crippen LogP contribution in [0.25, 0.3) is 11.3 Å². The van der Waals surface area contributed by atoms with Gasteiger partial charge < -0.3 is 5.11 Å². The van der Waals surface area contributed by atoms with E-state index in [1.807, 2.05) is 6.07 Å². The number of nitrogens with zero attached hydrogens (tertiary/aromatic N) is 1. The molecule has 3 heteroatoms. The SMILES string of the molecule is CC(C)(C)c1cc(-c2ccn[nH]2)cc(C(C)(C)C)c1O. The summed E-state index contributed by atoms with van der Waals surface area (Å²) in [4.78, 5) is 0. The molecule has 0 atom stereocenters. The van der Waals surface area contributed by atoms with Crippen molar-refractivity contribution in [3.05, 3.63) is 35.5 Å². The number of phenols is 1. The van der Waals surface area contributed by atoms with Crippen LogP contribution < -0.4 is 0 Å². The summed E-state index contributed by atoms with van der Waals surface area (Å²) in [6, 6.07) is 6.06. The summed E-state index contributed by atoms with van der Waals surface area (Å²) < 4.78 is 0. The number of hydrogen-bond donors (Lipinski definition) is 2. The highest BCUT2D eigenvalue weighted by molar-refractivity contribution is 5.65. The lowest BCUT2D eigenvalue weighted by Gasteiger charge is -2.28. The zero-order chi connectivity index (χ0) is 15.1. The lowest BCUT2D eigenvalue weighted by molar-refractivity contribution is 0.423. The van der Waals surface area contributed by atoms with E-state index in [9.17, 15) is 5.11 Å². The van der Waals surface area contributed by atoms with E-state index < -0.39 is 0 Å². The predicted octanol–water partition coefficient (Wildman–Crippen LogP) is 4.38. The third kappa shape index (κ3) is 2.72. The second-order valence-corrected chi connectivity index (χ2v) is 7.39. The molecule has 108 valence electrons. The Labute approximate surface area is 121 Å². The monoisotopic (exact) mass is 272 g/mol. The molecule has 0 radical (unpaired) electrons. The van der Waals surface area contributed by atoms with Crippen LogP contribution in [0.15, 0.2) is 24.4 Å². The highest BCUT2D eigenvalue weighted by atomic mass is 16.3. The molecule has 2 N–H and O–H groups in total. The zero-order valence-corrected chi connectivity index (χ0v) is 13.2. The Balaban J connectivity index is 2.74. The van der Waals surface area contributed by atoms with Crippen molar-refractivity contribution in [2.75, 3.05) is 0 Å². The van der Waals surface area contributed by atoms with Crippen LogP contribution in [-0.2, 0) is 10.8 Å². The molecule has 0 bridgehead atoms. The van der Waals surface area contributed by atoms with Crippen LogP contribution in [0, 0.1) is 0 Å². The topological polar surface area (TPSA) is 48.9 Å². The Hall–Kier alpha value is -1.77. The van der Waals surface area contributed by atoms with E-state index in [-0.39, 0.29) is 10.8 Å². The van der Waals surface area contributed by atoms with Crippen LogP contribution in [0.4, 0.5) is 0 Å². The van der Waals surface area contributed by atoms with Gasteiger partial charge >= 0.3 is 0 Å². The van der Waals surface area contributed by atoms with Crippen molar-refractivity contribution in [2.45, 2.75) is 52.4 Å². The fourth-order valence-electron chi connectivity index (χ4n) is 2.35. The van der Waals surface area contributed by atoms with Gasteiger partial charge in [-0.25, -0.2) is 0 Å². The van der Waals surface area contributed by atoms with E-state index in [4.69, 9.17) is 0 Å². The number of benzene rings is 1. The normalized spacial score (nSPS) is 12.7. The zero-order valence-electron chi connectivity index (χ0n) is 13.2. The molecule has 0 aliphatic heterocycles. The number of aromatic amines is 1. The molecule has 2 rings (SSSR count). The molecule has 1 aromatic heterocycles. The molecular weight excluding hydrogens is 248 g/mol. The van der Waals surface area contributed by atoms with Crippen molar-refractivity contribution in [2.24, 2.45) is 0 Å². The predicted molar refractivity (Wildman–Crippen MR) is 83.1 cm³/mol. The average Bonchev–Trinajstić information content (AvgIpc) is 2.79. The maximum atomic E-state index is 10.7. The molecule has 0 saturated heterocycles. The van der Waals surface area contributed by atoms with Crippen molar-refractivity contribution in [3.8, 4) is 17.0 Å². The van der Waals surface area contributed by atoms with Crippen LogP contribution in [0.5, 0.6) is 5.75 Å². The Bertz CT molecular complexity index is 564. The first-order valence-electron chi connectivity index (χ1n) is 6.98. The van der Waals surface area contributed by atoms with Crippen LogP contribution in [0.1, 0.15) is 52.7 Å². The van der Waals surface area contributed by atoms with Gasteiger partial charge in [0.1, 0.15) is 5.75 Å². The minimum absolute atomic E-state index is 0.111. The van der Waals surface area contributed by atoms with Gasteiger partial charge in [0, 0.05) is 22.9 Å². The van der Waals surface area contributed by atoms with Crippen molar-refractivity contribution in [1.29, 1.82) is 0 Å². The van der Waals surface area contributed by atoms with Crippen molar-refractivity contribution in [3.63, 3.8) is 0 Å². The van der Waals surface area contributed by atoms with Gasteiger partial charge in [-0.05, 0) is 29.0 Å². The summed E-state index contributed by atoms with van der Waals surface area (Å²) in [6.45, 7) is 12.7. The molecule has 1 aromatic carbocycles. The summed E-state index contributed by atoms with van der Waals surface area (Å²) in [5.74, 6) is 0.410. The van der Waals surface area contributed by atoms with Crippen LogP contribution in [0.2, 0.25) is 0 Å². The smallest absolute Gasteiger partial charge is 0.123 e. The Morgan fingerprint density at radius 3 is 1.80 bits per heavy atom. The van der Waals surface area contributed by atoms with Gasteiger partial charge in [0.05, 0.1) is 5.69 Å². The molecule has 0 amide bonds. The first-order chi connectivity index (χ1) is 9.10. The molecule has 0 saturated carbocycles. The Morgan fingerprint density at radius 2 is 1.45 bits per heavy atom. The molecule has 0 spiro atoms. The third-order valence-corrected chi connectivity index (χ3v) is 3.54. The molecule has 0 fully saturated rings. The van der Waals surface area contributed by atoms with Gasteiger partial charge in [-0.2, -0.15) is 5.10 Å². The molecule has 1 heterocycles. The van der Waals surface area contributed by atoms with E-state index in [0.29, 0.717) is 5.75 Å². The van der Waals surface area contributed by atoms with Crippen molar-refractivity contribution >= 4 is 0 Å². The molecule has 0 aliphatic carbocycles. The Morgan fingerprint density at radius 1 is 0.950 bits per heavy atom. The first-order valence-corrected chi connectivity index (χ1v) is 6.98. The van der Waals surface area contributed by atoms with E-state index >= 15 is 0 Å². The first kappa shape index (κ1) is 14.6. The number of aromatic hydroxyl groups is 1. The minimum Gasteiger partial charge on any atom is -0.507 e. The lowest BCUT2D eigenvalue weighted by Crippen LogP contribution is -2.17. The maximum absolute atomic E-state index is 10.7. The molecule has 20 heavy (non-hydrogen) atoms. The number of hydrogen-bond acceptors (Lipinski definition) is 2. The second-order valence-electron chi connectivity index (χ2n) is 7.39. The van der Waals surface area contributed by atoms with Crippen molar-refractivity contribution in [1.82, 2.24) is 10.2 Å². The Kier molecular flexibility index (Phi) is 3.41. The van der Waals surface area contributed by atoms with Gasteiger partial charge in [-0.15, -0.1) is 0 Å². The van der Waals surface area contributed by atoms with Gasteiger partial charge in [-0.1, -0.05) is 41.5 Å². The highest BCUT2D eigenvalue weighted by Crippen LogP contribution is 2.41.